The summed E-state index contributed by atoms with van der Waals surface area (Å²) < 4.78 is 0. The second-order valence-electron chi connectivity index (χ2n) is 3.20. The first kappa shape index (κ1) is 8.50. The molecule has 2 N–H and O–H groups in total. The molecular weight excluding hydrogens is 140 g/mol. The summed E-state index contributed by atoms with van der Waals surface area (Å²) in [6, 6.07) is 0. The third-order valence-corrected chi connectivity index (χ3v) is 2.32. The largest absolute Gasteiger partial charge is 0.396 e. The monoisotopic (exact) mass is 154 g/mol. The first-order valence-corrected chi connectivity index (χ1v) is 3.80. The van der Waals surface area contributed by atoms with Gasteiger partial charge in [-0.2, -0.15) is 0 Å². The van der Waals surface area contributed by atoms with Crippen LogP contribution < -0.4 is 0 Å². The molecule has 2 unspecified atom stereocenters. The Morgan fingerprint density at radius 1 is 1.36 bits per heavy atom. The topological polar surface area (TPSA) is 40.5 Å². The fraction of sp³-hybridized carbons (Fsp3) is 0.556. The zero-order chi connectivity index (χ0) is 8.32. The van der Waals surface area contributed by atoms with Crippen LogP contribution in [0.4, 0.5) is 0 Å². The maximum Gasteiger partial charge on any atom is 0.0525 e. The van der Waals surface area contributed by atoms with Gasteiger partial charge in [-0.3, -0.25) is 0 Å². The fourth-order valence-corrected chi connectivity index (χ4v) is 1.26. The van der Waals surface area contributed by atoms with Gasteiger partial charge in [0.2, 0.25) is 0 Å². The molecule has 0 saturated heterocycles. The Hall–Kier alpha value is -0.600. The summed E-state index contributed by atoms with van der Waals surface area (Å²) >= 11 is 0. The van der Waals surface area contributed by atoms with Gasteiger partial charge < -0.3 is 10.2 Å². The van der Waals surface area contributed by atoms with Gasteiger partial charge in [0.15, 0.2) is 0 Å². The Morgan fingerprint density at radius 2 is 2.09 bits per heavy atom. The molecule has 2 atom stereocenters. The number of hydrogen-bond acceptors (Lipinski definition) is 2. The smallest absolute Gasteiger partial charge is 0.0525 e. The third kappa shape index (κ3) is 1.52. The molecule has 0 saturated carbocycles. The van der Waals surface area contributed by atoms with E-state index in [1.807, 2.05) is 31.2 Å². The molecule has 11 heavy (non-hydrogen) atoms. The summed E-state index contributed by atoms with van der Waals surface area (Å²) in [6.45, 7) is 2.12. The van der Waals surface area contributed by atoms with Crippen LogP contribution in [0.15, 0.2) is 24.3 Å². The number of aliphatic hydroxyl groups excluding tert-OH is 2. The molecule has 0 amide bonds. The molecule has 2 heteroatoms. The van der Waals surface area contributed by atoms with E-state index in [1.54, 1.807) is 0 Å². The van der Waals surface area contributed by atoms with Gasteiger partial charge in [0, 0.05) is 11.3 Å². The quantitative estimate of drug-likeness (QED) is 0.615. The third-order valence-electron chi connectivity index (χ3n) is 2.32. The fourth-order valence-electron chi connectivity index (χ4n) is 1.26. The van der Waals surface area contributed by atoms with Crippen LogP contribution in [-0.4, -0.2) is 23.4 Å². The molecule has 1 aliphatic carbocycles. The van der Waals surface area contributed by atoms with E-state index >= 15 is 0 Å². The molecule has 0 aromatic rings. The van der Waals surface area contributed by atoms with Crippen LogP contribution in [-0.2, 0) is 0 Å². The Labute approximate surface area is 66.9 Å². The van der Waals surface area contributed by atoms with E-state index in [0.29, 0.717) is 0 Å². The number of aliphatic hydroxyl groups is 2. The zero-order valence-corrected chi connectivity index (χ0v) is 6.70. The van der Waals surface area contributed by atoms with Crippen LogP contribution in [0.3, 0.4) is 0 Å². The summed E-state index contributed by atoms with van der Waals surface area (Å²) in [6.07, 6.45) is 7.67. The molecule has 62 valence electrons. The predicted molar refractivity (Wildman–Crippen MR) is 44.0 cm³/mol. The summed E-state index contributed by atoms with van der Waals surface area (Å²) in [5.41, 5.74) is -0.274. The lowest BCUT2D eigenvalue weighted by atomic mass is 9.75. The van der Waals surface area contributed by atoms with Gasteiger partial charge >= 0.3 is 0 Å². The molecule has 0 aliphatic heterocycles. The minimum absolute atomic E-state index is 0.0532. The Balaban J connectivity index is 2.77. The lowest BCUT2D eigenvalue weighted by Crippen LogP contribution is -2.31. The van der Waals surface area contributed by atoms with E-state index < -0.39 is 0 Å². The molecule has 0 aromatic heterocycles. The first-order valence-electron chi connectivity index (χ1n) is 3.80. The lowest BCUT2D eigenvalue weighted by Gasteiger charge is -2.31. The van der Waals surface area contributed by atoms with E-state index in [2.05, 4.69) is 0 Å². The summed E-state index contributed by atoms with van der Waals surface area (Å²) in [4.78, 5) is 0. The van der Waals surface area contributed by atoms with Crippen LogP contribution in [0.5, 0.6) is 0 Å². The van der Waals surface area contributed by atoms with Crippen molar-refractivity contribution in [2.24, 2.45) is 11.3 Å². The molecule has 1 aliphatic rings. The van der Waals surface area contributed by atoms with E-state index in [0.717, 1.165) is 0 Å². The Bertz CT molecular complexity index is 184. The number of hydrogen-bond donors (Lipinski definition) is 2. The van der Waals surface area contributed by atoms with Crippen molar-refractivity contribution in [1.29, 1.82) is 0 Å². The van der Waals surface area contributed by atoms with E-state index in [9.17, 15) is 0 Å². The average Bonchev–Trinajstić information content (AvgIpc) is 2.05. The average molecular weight is 154 g/mol. The van der Waals surface area contributed by atoms with Gasteiger partial charge in [0.1, 0.15) is 0 Å². The second kappa shape index (κ2) is 3.20. The summed E-state index contributed by atoms with van der Waals surface area (Å²) in [5, 5.41) is 18.0. The number of rotatable bonds is 2. The second-order valence-corrected chi connectivity index (χ2v) is 3.20. The number of allylic oxidation sites excluding steroid dienone is 2. The normalized spacial score (nSPS) is 36.1. The van der Waals surface area contributed by atoms with E-state index in [-0.39, 0.29) is 24.5 Å². The molecule has 0 heterocycles. The highest BCUT2D eigenvalue weighted by Crippen LogP contribution is 2.31. The lowest BCUT2D eigenvalue weighted by molar-refractivity contribution is 0.103. The van der Waals surface area contributed by atoms with Crippen LogP contribution in [0, 0.1) is 11.3 Å². The molecule has 2 nitrogen and oxygen atoms in total. The summed E-state index contributed by atoms with van der Waals surface area (Å²) in [7, 11) is 0. The highest BCUT2D eigenvalue weighted by molar-refractivity contribution is 5.18. The molecule has 0 bridgehead atoms. The zero-order valence-electron chi connectivity index (χ0n) is 6.70. The first-order chi connectivity index (χ1) is 5.23. The minimum Gasteiger partial charge on any atom is -0.396 e. The molecular formula is C9H14O2. The van der Waals surface area contributed by atoms with Crippen LogP contribution in [0.2, 0.25) is 0 Å². The van der Waals surface area contributed by atoms with Gasteiger partial charge in [-0.1, -0.05) is 31.2 Å². The minimum atomic E-state index is -0.274. The van der Waals surface area contributed by atoms with Crippen molar-refractivity contribution in [3.05, 3.63) is 24.3 Å². The molecule has 1 rings (SSSR count). The van der Waals surface area contributed by atoms with Gasteiger partial charge in [-0.05, 0) is 0 Å². The predicted octanol–water partition coefficient (Wildman–Crippen LogP) is 0.719. The van der Waals surface area contributed by atoms with Crippen LogP contribution >= 0.6 is 0 Å². The van der Waals surface area contributed by atoms with Gasteiger partial charge in [-0.25, -0.2) is 0 Å². The molecule has 0 radical (unpaired) electrons. The van der Waals surface area contributed by atoms with Crippen LogP contribution in [0.1, 0.15) is 6.92 Å². The maximum absolute atomic E-state index is 9.06. The molecule has 0 fully saturated rings. The Kier molecular flexibility index (Phi) is 2.47. The Morgan fingerprint density at radius 3 is 2.55 bits per heavy atom. The SMILES string of the molecule is CC1(CO)C=CC=CC1CO. The van der Waals surface area contributed by atoms with E-state index in [4.69, 9.17) is 10.2 Å². The van der Waals surface area contributed by atoms with Gasteiger partial charge in [-0.15, -0.1) is 0 Å². The highest BCUT2D eigenvalue weighted by Gasteiger charge is 2.29. The molecule has 0 spiro atoms. The van der Waals surface area contributed by atoms with E-state index in [1.165, 1.54) is 0 Å². The van der Waals surface area contributed by atoms with Crippen molar-refractivity contribution in [2.45, 2.75) is 6.92 Å². The summed E-state index contributed by atoms with van der Waals surface area (Å²) in [5.74, 6) is 0.0532. The van der Waals surface area contributed by atoms with Crippen LogP contribution in [0.25, 0.3) is 0 Å². The standard InChI is InChI=1S/C9H14O2/c1-9(7-11)5-3-2-4-8(9)6-10/h2-5,8,10-11H,6-7H2,1H3. The van der Waals surface area contributed by atoms with Crippen molar-refractivity contribution in [1.82, 2.24) is 0 Å². The van der Waals surface area contributed by atoms with Gasteiger partial charge in [0.05, 0.1) is 13.2 Å². The van der Waals surface area contributed by atoms with Crippen molar-refractivity contribution in [3.63, 3.8) is 0 Å². The van der Waals surface area contributed by atoms with Gasteiger partial charge in [0.25, 0.3) is 0 Å². The van der Waals surface area contributed by atoms with Crippen molar-refractivity contribution < 1.29 is 10.2 Å². The molecule has 0 aromatic carbocycles. The highest BCUT2D eigenvalue weighted by atomic mass is 16.3. The van der Waals surface area contributed by atoms with Crippen molar-refractivity contribution in [2.75, 3.05) is 13.2 Å². The maximum atomic E-state index is 9.06. The van der Waals surface area contributed by atoms with Crippen molar-refractivity contribution in [3.8, 4) is 0 Å². The van der Waals surface area contributed by atoms with Crippen molar-refractivity contribution >= 4 is 0 Å².